The molecule has 0 aliphatic rings. The number of furan rings is 1. The molecule has 1 aromatic carbocycles. The summed E-state index contributed by atoms with van der Waals surface area (Å²) in [6.45, 7) is 6.00. The van der Waals surface area contributed by atoms with Gasteiger partial charge in [0.2, 0.25) is 0 Å². The average Bonchev–Trinajstić information content (AvgIpc) is 2.58. The SMILES string of the molecule is Cc1ccc2oc(C(O)C(C)C)cc2c1. The topological polar surface area (TPSA) is 33.4 Å². The van der Waals surface area contributed by atoms with Gasteiger partial charge in [0.25, 0.3) is 0 Å². The first-order valence-electron chi connectivity index (χ1n) is 5.26. The Morgan fingerprint density at radius 3 is 2.60 bits per heavy atom. The number of hydrogen-bond donors (Lipinski definition) is 1. The first-order chi connectivity index (χ1) is 7.08. The summed E-state index contributed by atoms with van der Waals surface area (Å²) >= 11 is 0. The average molecular weight is 204 g/mol. The number of benzene rings is 1. The van der Waals surface area contributed by atoms with Gasteiger partial charge in [-0.1, -0.05) is 25.5 Å². The van der Waals surface area contributed by atoms with E-state index in [9.17, 15) is 5.11 Å². The van der Waals surface area contributed by atoms with E-state index in [0.29, 0.717) is 5.76 Å². The second kappa shape index (κ2) is 3.70. The summed E-state index contributed by atoms with van der Waals surface area (Å²) in [5, 5.41) is 10.9. The van der Waals surface area contributed by atoms with E-state index < -0.39 is 6.10 Å². The molecular formula is C13H16O2. The predicted molar refractivity (Wildman–Crippen MR) is 60.7 cm³/mol. The Morgan fingerprint density at radius 2 is 1.93 bits per heavy atom. The van der Waals surface area contributed by atoms with E-state index in [-0.39, 0.29) is 5.92 Å². The molecule has 0 aliphatic carbocycles. The zero-order valence-electron chi connectivity index (χ0n) is 9.32. The van der Waals surface area contributed by atoms with Crippen molar-refractivity contribution in [2.45, 2.75) is 26.9 Å². The van der Waals surface area contributed by atoms with Crippen LogP contribution in [0.25, 0.3) is 11.0 Å². The maximum atomic E-state index is 9.87. The Morgan fingerprint density at radius 1 is 1.20 bits per heavy atom. The highest BCUT2D eigenvalue weighted by atomic mass is 16.4. The molecule has 0 bridgehead atoms. The van der Waals surface area contributed by atoms with E-state index in [1.807, 2.05) is 39.0 Å². The molecule has 0 fully saturated rings. The predicted octanol–water partition coefficient (Wildman–Crippen LogP) is 3.43. The number of aliphatic hydroxyl groups is 1. The molecule has 0 amide bonds. The van der Waals surface area contributed by atoms with Crippen molar-refractivity contribution in [1.29, 1.82) is 0 Å². The van der Waals surface area contributed by atoms with E-state index in [1.165, 1.54) is 5.56 Å². The first-order valence-corrected chi connectivity index (χ1v) is 5.26. The molecule has 1 unspecified atom stereocenters. The highest BCUT2D eigenvalue weighted by molar-refractivity contribution is 5.78. The third-order valence-electron chi connectivity index (χ3n) is 2.61. The van der Waals surface area contributed by atoms with Gasteiger partial charge in [0.15, 0.2) is 0 Å². The fourth-order valence-electron chi connectivity index (χ4n) is 1.66. The van der Waals surface area contributed by atoms with Gasteiger partial charge in [0.05, 0.1) is 0 Å². The minimum atomic E-state index is -0.516. The van der Waals surface area contributed by atoms with E-state index in [4.69, 9.17) is 4.42 Å². The zero-order valence-corrected chi connectivity index (χ0v) is 9.32. The molecule has 0 saturated carbocycles. The molecule has 0 aliphatic heterocycles. The largest absolute Gasteiger partial charge is 0.458 e. The van der Waals surface area contributed by atoms with Gasteiger partial charge in [0.1, 0.15) is 17.4 Å². The molecule has 2 rings (SSSR count). The van der Waals surface area contributed by atoms with Gasteiger partial charge < -0.3 is 9.52 Å². The monoisotopic (exact) mass is 204 g/mol. The van der Waals surface area contributed by atoms with Crippen molar-refractivity contribution in [1.82, 2.24) is 0 Å². The summed E-state index contributed by atoms with van der Waals surface area (Å²) < 4.78 is 5.60. The Bertz CT molecular complexity index is 468. The molecular weight excluding hydrogens is 188 g/mol. The molecule has 1 aromatic heterocycles. The lowest BCUT2D eigenvalue weighted by molar-refractivity contribution is 0.104. The van der Waals surface area contributed by atoms with Gasteiger partial charge in [-0.25, -0.2) is 0 Å². The van der Waals surface area contributed by atoms with Crippen LogP contribution in [0.1, 0.15) is 31.3 Å². The van der Waals surface area contributed by atoms with E-state index in [0.717, 1.165) is 11.0 Å². The molecule has 2 nitrogen and oxygen atoms in total. The zero-order chi connectivity index (χ0) is 11.0. The highest BCUT2D eigenvalue weighted by Gasteiger charge is 2.16. The minimum Gasteiger partial charge on any atom is -0.458 e. The van der Waals surface area contributed by atoms with Crippen LogP contribution in [-0.2, 0) is 0 Å². The molecule has 1 heterocycles. The number of fused-ring (bicyclic) bond motifs is 1. The van der Waals surface area contributed by atoms with Crippen LogP contribution < -0.4 is 0 Å². The first kappa shape index (κ1) is 10.2. The van der Waals surface area contributed by atoms with Crippen molar-refractivity contribution in [3.05, 3.63) is 35.6 Å². The van der Waals surface area contributed by atoms with Crippen molar-refractivity contribution in [3.8, 4) is 0 Å². The number of hydrogen-bond acceptors (Lipinski definition) is 2. The smallest absolute Gasteiger partial charge is 0.134 e. The number of aliphatic hydroxyl groups excluding tert-OH is 1. The number of rotatable bonds is 2. The molecule has 2 aromatic rings. The Labute approximate surface area is 89.5 Å². The summed E-state index contributed by atoms with van der Waals surface area (Å²) in [5.74, 6) is 0.831. The minimum absolute atomic E-state index is 0.173. The lowest BCUT2D eigenvalue weighted by Crippen LogP contribution is -2.03. The molecule has 80 valence electrons. The van der Waals surface area contributed by atoms with E-state index in [2.05, 4.69) is 6.07 Å². The second-order valence-corrected chi connectivity index (χ2v) is 4.38. The van der Waals surface area contributed by atoms with E-state index in [1.54, 1.807) is 0 Å². The van der Waals surface area contributed by atoms with Crippen molar-refractivity contribution < 1.29 is 9.52 Å². The number of aryl methyl sites for hydroxylation is 1. The highest BCUT2D eigenvalue weighted by Crippen LogP contribution is 2.28. The van der Waals surface area contributed by atoms with Crippen molar-refractivity contribution in [2.75, 3.05) is 0 Å². The van der Waals surface area contributed by atoms with Crippen molar-refractivity contribution in [2.24, 2.45) is 5.92 Å². The van der Waals surface area contributed by atoms with Gasteiger partial charge in [-0.05, 0) is 31.0 Å². The van der Waals surface area contributed by atoms with Crippen LogP contribution >= 0.6 is 0 Å². The summed E-state index contributed by atoms with van der Waals surface area (Å²) in [7, 11) is 0. The quantitative estimate of drug-likeness (QED) is 0.813. The molecule has 15 heavy (non-hydrogen) atoms. The van der Waals surface area contributed by atoms with Gasteiger partial charge in [0, 0.05) is 5.39 Å². The van der Waals surface area contributed by atoms with Crippen LogP contribution in [0.3, 0.4) is 0 Å². The van der Waals surface area contributed by atoms with Crippen LogP contribution in [0.2, 0.25) is 0 Å². The summed E-state index contributed by atoms with van der Waals surface area (Å²) in [6, 6.07) is 7.95. The maximum Gasteiger partial charge on any atom is 0.134 e. The van der Waals surface area contributed by atoms with Gasteiger partial charge in [-0.3, -0.25) is 0 Å². The lowest BCUT2D eigenvalue weighted by Gasteiger charge is -2.10. The second-order valence-electron chi connectivity index (χ2n) is 4.38. The maximum absolute atomic E-state index is 9.87. The lowest BCUT2D eigenvalue weighted by atomic mass is 10.1. The van der Waals surface area contributed by atoms with Gasteiger partial charge in [-0.2, -0.15) is 0 Å². The third kappa shape index (κ3) is 1.90. The fourth-order valence-corrected chi connectivity index (χ4v) is 1.66. The Balaban J connectivity index is 2.47. The fraction of sp³-hybridized carbons (Fsp3) is 0.385. The Kier molecular flexibility index (Phi) is 2.53. The van der Waals surface area contributed by atoms with Crippen molar-refractivity contribution in [3.63, 3.8) is 0 Å². The van der Waals surface area contributed by atoms with Crippen LogP contribution in [0.5, 0.6) is 0 Å². The van der Waals surface area contributed by atoms with Crippen LogP contribution in [0.4, 0.5) is 0 Å². The van der Waals surface area contributed by atoms with E-state index >= 15 is 0 Å². The van der Waals surface area contributed by atoms with Crippen LogP contribution in [0.15, 0.2) is 28.7 Å². The summed E-state index contributed by atoms with van der Waals surface area (Å²) in [6.07, 6.45) is -0.516. The third-order valence-corrected chi connectivity index (χ3v) is 2.61. The van der Waals surface area contributed by atoms with Gasteiger partial charge >= 0.3 is 0 Å². The molecule has 1 N–H and O–H groups in total. The molecule has 0 radical (unpaired) electrons. The summed E-state index contributed by atoms with van der Waals surface area (Å²) in [5.41, 5.74) is 2.05. The van der Waals surface area contributed by atoms with Crippen LogP contribution in [0, 0.1) is 12.8 Å². The van der Waals surface area contributed by atoms with Crippen molar-refractivity contribution >= 4 is 11.0 Å². The molecule has 0 saturated heterocycles. The molecule has 1 atom stereocenters. The normalized spacial score (nSPS) is 13.7. The Hall–Kier alpha value is -1.28. The molecule has 2 heteroatoms. The van der Waals surface area contributed by atoms with Gasteiger partial charge in [-0.15, -0.1) is 0 Å². The summed E-state index contributed by atoms with van der Waals surface area (Å²) in [4.78, 5) is 0. The standard InChI is InChI=1S/C13H16O2/c1-8(2)13(14)12-7-10-6-9(3)4-5-11(10)15-12/h4-8,13-14H,1-3H3. The van der Waals surface area contributed by atoms with Crippen LogP contribution in [-0.4, -0.2) is 5.11 Å². The molecule has 0 spiro atoms.